The van der Waals surface area contributed by atoms with Gasteiger partial charge in [0, 0.05) is 18.5 Å². The first-order chi connectivity index (χ1) is 10.8. The van der Waals surface area contributed by atoms with Gasteiger partial charge in [-0.15, -0.1) is 0 Å². The van der Waals surface area contributed by atoms with Gasteiger partial charge < -0.3 is 9.64 Å². The van der Waals surface area contributed by atoms with E-state index in [2.05, 4.69) is 12.1 Å². The second kappa shape index (κ2) is 4.37. The summed E-state index contributed by atoms with van der Waals surface area (Å²) >= 11 is 0. The highest BCUT2D eigenvalue weighted by Gasteiger charge is 2.76. The van der Waals surface area contributed by atoms with Crippen LogP contribution in [0, 0.1) is 10.8 Å². The van der Waals surface area contributed by atoms with E-state index in [1.165, 1.54) is 11.1 Å². The lowest BCUT2D eigenvalue weighted by Gasteiger charge is -2.40. The predicted octanol–water partition coefficient (Wildman–Crippen LogP) is 2.69. The van der Waals surface area contributed by atoms with E-state index in [-0.39, 0.29) is 11.9 Å². The molecule has 2 heterocycles. The van der Waals surface area contributed by atoms with Crippen molar-refractivity contribution in [1.29, 1.82) is 0 Å². The van der Waals surface area contributed by atoms with Gasteiger partial charge in [0.15, 0.2) is 5.60 Å². The summed E-state index contributed by atoms with van der Waals surface area (Å²) in [6.07, 6.45) is 2.23. The van der Waals surface area contributed by atoms with Gasteiger partial charge in [-0.05, 0) is 37.3 Å². The maximum absolute atomic E-state index is 13.3. The Hall–Kier alpha value is -1.84. The van der Waals surface area contributed by atoms with Crippen LogP contribution in [0.2, 0.25) is 0 Å². The van der Waals surface area contributed by atoms with Gasteiger partial charge in [0.05, 0.1) is 5.41 Å². The van der Waals surface area contributed by atoms with E-state index in [4.69, 9.17) is 4.74 Å². The largest absolute Gasteiger partial charge is 0.448 e. The van der Waals surface area contributed by atoms with Crippen molar-refractivity contribution in [3.05, 3.63) is 35.4 Å². The van der Waals surface area contributed by atoms with Gasteiger partial charge >= 0.3 is 5.97 Å². The summed E-state index contributed by atoms with van der Waals surface area (Å²) in [5.41, 5.74) is 0.520. The van der Waals surface area contributed by atoms with Crippen molar-refractivity contribution in [2.75, 3.05) is 6.54 Å². The highest BCUT2D eigenvalue weighted by molar-refractivity contribution is 5.96. The Kier molecular flexibility index (Phi) is 2.80. The molecule has 1 aromatic rings. The Morgan fingerprint density at radius 2 is 1.83 bits per heavy atom. The molecule has 2 fully saturated rings. The highest BCUT2D eigenvalue weighted by atomic mass is 16.6. The third kappa shape index (κ3) is 1.62. The van der Waals surface area contributed by atoms with Crippen LogP contribution in [0.5, 0.6) is 0 Å². The van der Waals surface area contributed by atoms with Crippen LogP contribution in [0.3, 0.4) is 0 Å². The summed E-state index contributed by atoms with van der Waals surface area (Å²) in [5.74, 6) is -0.217. The normalized spacial score (nSPS) is 34.2. The number of benzene rings is 1. The van der Waals surface area contributed by atoms with Gasteiger partial charge in [0.25, 0.3) is 5.91 Å². The summed E-state index contributed by atoms with van der Waals surface area (Å²) in [5, 5.41) is 0. The number of esters is 1. The van der Waals surface area contributed by atoms with Crippen molar-refractivity contribution < 1.29 is 14.3 Å². The van der Waals surface area contributed by atoms with E-state index in [0.29, 0.717) is 19.5 Å². The molecule has 0 unspecified atom stereocenters. The molecule has 1 saturated carbocycles. The van der Waals surface area contributed by atoms with Crippen LogP contribution in [-0.4, -0.2) is 28.9 Å². The van der Waals surface area contributed by atoms with Gasteiger partial charge in [-0.2, -0.15) is 0 Å². The number of amides is 1. The molecule has 2 aliphatic heterocycles. The first kappa shape index (κ1) is 14.7. The number of hydrogen-bond acceptors (Lipinski definition) is 3. The smallest absolute Gasteiger partial charge is 0.313 e. The standard InChI is InChI=1S/C19H23NO3/c1-17(2)18(3)9-10-19(17,23-16(18)22)15(21)20-11-8-13-6-4-5-7-14(13)12-20/h4-7H,8-12H2,1-3H3/t18-,19-/m0/s1. The monoisotopic (exact) mass is 313 g/mol. The topological polar surface area (TPSA) is 46.6 Å². The van der Waals surface area contributed by atoms with E-state index in [0.717, 1.165) is 12.8 Å². The van der Waals surface area contributed by atoms with Gasteiger partial charge in [0.2, 0.25) is 0 Å². The Morgan fingerprint density at radius 3 is 2.43 bits per heavy atom. The molecule has 1 aromatic carbocycles. The first-order valence-electron chi connectivity index (χ1n) is 8.41. The lowest BCUT2D eigenvalue weighted by atomic mass is 9.66. The molecular weight excluding hydrogens is 290 g/mol. The third-order valence-corrected chi connectivity index (χ3v) is 6.85. The summed E-state index contributed by atoms with van der Waals surface area (Å²) in [7, 11) is 0. The summed E-state index contributed by atoms with van der Waals surface area (Å²) < 4.78 is 5.74. The zero-order chi connectivity index (χ0) is 16.5. The maximum atomic E-state index is 13.3. The predicted molar refractivity (Wildman–Crippen MR) is 85.5 cm³/mol. The quantitative estimate of drug-likeness (QED) is 0.749. The molecule has 0 spiro atoms. The van der Waals surface area contributed by atoms with Crippen molar-refractivity contribution in [3.63, 3.8) is 0 Å². The third-order valence-electron chi connectivity index (χ3n) is 6.85. The van der Waals surface area contributed by atoms with Crippen LogP contribution in [0.1, 0.15) is 44.7 Å². The molecule has 0 aromatic heterocycles. The molecule has 2 atom stereocenters. The fourth-order valence-electron chi connectivity index (χ4n) is 4.65. The fraction of sp³-hybridized carbons (Fsp3) is 0.579. The van der Waals surface area contributed by atoms with E-state index in [1.807, 2.05) is 37.8 Å². The molecule has 1 amide bonds. The molecule has 1 aliphatic carbocycles. The van der Waals surface area contributed by atoms with Crippen LogP contribution in [0.4, 0.5) is 0 Å². The van der Waals surface area contributed by atoms with E-state index in [1.54, 1.807) is 0 Å². The van der Waals surface area contributed by atoms with E-state index in [9.17, 15) is 9.59 Å². The molecular formula is C19H23NO3. The number of ether oxygens (including phenoxy) is 1. The summed E-state index contributed by atoms with van der Waals surface area (Å²) in [4.78, 5) is 27.6. The molecule has 23 heavy (non-hydrogen) atoms. The lowest BCUT2D eigenvalue weighted by Crippen LogP contribution is -2.55. The second-order valence-corrected chi connectivity index (χ2v) is 7.92. The number of hydrogen-bond donors (Lipinski definition) is 0. The molecule has 1 saturated heterocycles. The highest BCUT2D eigenvalue weighted by Crippen LogP contribution is 2.66. The van der Waals surface area contributed by atoms with Crippen molar-refractivity contribution >= 4 is 11.9 Å². The Morgan fingerprint density at radius 1 is 1.13 bits per heavy atom. The van der Waals surface area contributed by atoms with Crippen molar-refractivity contribution in [2.24, 2.45) is 10.8 Å². The Labute approximate surface area is 136 Å². The SMILES string of the molecule is CC1(C)[C@@]2(C)CC[C@@]1(C(=O)N1CCc3ccccc3C1)OC2=O. The van der Waals surface area contributed by atoms with Crippen molar-refractivity contribution in [1.82, 2.24) is 4.90 Å². The average molecular weight is 313 g/mol. The molecule has 0 radical (unpaired) electrons. The van der Waals surface area contributed by atoms with E-state index >= 15 is 0 Å². The van der Waals surface area contributed by atoms with Gasteiger partial charge in [0.1, 0.15) is 0 Å². The zero-order valence-corrected chi connectivity index (χ0v) is 14.0. The van der Waals surface area contributed by atoms with Crippen LogP contribution >= 0.6 is 0 Å². The minimum absolute atomic E-state index is 0.00780. The molecule has 4 nitrogen and oxygen atoms in total. The maximum Gasteiger partial charge on any atom is 0.313 e. The number of rotatable bonds is 1. The van der Waals surface area contributed by atoms with Crippen LogP contribution in [0.25, 0.3) is 0 Å². The summed E-state index contributed by atoms with van der Waals surface area (Å²) in [6, 6.07) is 8.26. The molecule has 0 N–H and O–H groups in total. The second-order valence-electron chi connectivity index (χ2n) is 7.92. The van der Waals surface area contributed by atoms with Crippen LogP contribution < -0.4 is 0 Å². The first-order valence-corrected chi connectivity index (χ1v) is 8.41. The van der Waals surface area contributed by atoms with Crippen LogP contribution in [0.15, 0.2) is 24.3 Å². The Balaban J connectivity index is 1.67. The van der Waals surface area contributed by atoms with E-state index < -0.39 is 16.4 Å². The number of fused-ring (bicyclic) bond motifs is 3. The molecule has 4 heteroatoms. The van der Waals surface area contributed by atoms with Crippen molar-refractivity contribution in [3.8, 4) is 0 Å². The average Bonchev–Trinajstić information content (AvgIpc) is 2.84. The zero-order valence-electron chi connectivity index (χ0n) is 14.0. The van der Waals surface area contributed by atoms with Gasteiger partial charge in [-0.25, -0.2) is 0 Å². The minimum Gasteiger partial charge on any atom is -0.448 e. The van der Waals surface area contributed by atoms with Crippen LogP contribution in [-0.2, 0) is 27.3 Å². The fourth-order valence-corrected chi connectivity index (χ4v) is 4.65. The molecule has 2 bridgehead atoms. The molecule has 3 aliphatic rings. The number of carbonyl (C=O) groups excluding carboxylic acids is 2. The minimum atomic E-state index is -0.981. The lowest BCUT2D eigenvalue weighted by molar-refractivity contribution is -0.174. The number of nitrogens with zero attached hydrogens (tertiary/aromatic N) is 1. The number of carbonyl (C=O) groups is 2. The van der Waals surface area contributed by atoms with Crippen molar-refractivity contribution in [2.45, 2.75) is 52.2 Å². The summed E-state index contributed by atoms with van der Waals surface area (Å²) in [6.45, 7) is 7.29. The Bertz CT molecular complexity index is 710. The van der Waals surface area contributed by atoms with Gasteiger partial charge in [-0.3, -0.25) is 9.59 Å². The van der Waals surface area contributed by atoms with Gasteiger partial charge in [-0.1, -0.05) is 38.1 Å². The molecule has 4 rings (SSSR count). The molecule has 122 valence electrons.